The lowest BCUT2D eigenvalue weighted by Gasteiger charge is -2.19. The molecular formula is C20H16Cl2F6N2. The van der Waals surface area contributed by atoms with E-state index in [0.717, 1.165) is 43.1 Å². The van der Waals surface area contributed by atoms with E-state index in [1.807, 2.05) is 0 Å². The van der Waals surface area contributed by atoms with Crippen molar-refractivity contribution in [3.8, 4) is 0 Å². The first-order valence-electron chi connectivity index (χ1n) is 8.61. The van der Waals surface area contributed by atoms with Crippen molar-refractivity contribution in [1.29, 1.82) is 0 Å². The number of halogens is 8. The van der Waals surface area contributed by atoms with Gasteiger partial charge in [0.15, 0.2) is 0 Å². The summed E-state index contributed by atoms with van der Waals surface area (Å²) in [5.74, 6) is 0. The molecule has 0 fully saturated rings. The van der Waals surface area contributed by atoms with Gasteiger partial charge in [0.1, 0.15) is 0 Å². The van der Waals surface area contributed by atoms with Crippen molar-refractivity contribution in [2.24, 2.45) is 0 Å². The number of aryl methyl sites for hydroxylation is 1. The number of aromatic nitrogens is 1. The highest BCUT2D eigenvalue weighted by atomic mass is 35.5. The highest BCUT2D eigenvalue weighted by molar-refractivity contribution is 6.35. The van der Waals surface area contributed by atoms with Gasteiger partial charge >= 0.3 is 12.4 Å². The molecule has 162 valence electrons. The van der Waals surface area contributed by atoms with Crippen LogP contribution in [-0.2, 0) is 18.8 Å². The van der Waals surface area contributed by atoms with Gasteiger partial charge in [-0.25, -0.2) is 0 Å². The van der Waals surface area contributed by atoms with E-state index in [0.29, 0.717) is 16.1 Å². The highest BCUT2D eigenvalue weighted by Gasteiger charge is 2.31. The minimum atomic E-state index is -4.35. The molecule has 3 aromatic rings. The third-order valence-corrected chi connectivity index (χ3v) is 4.72. The van der Waals surface area contributed by atoms with Gasteiger partial charge in [0.05, 0.1) is 21.7 Å². The maximum atomic E-state index is 12.4. The zero-order valence-corrected chi connectivity index (χ0v) is 16.8. The van der Waals surface area contributed by atoms with E-state index in [1.165, 1.54) is 24.4 Å². The summed E-state index contributed by atoms with van der Waals surface area (Å²) >= 11 is 5.80. The number of alkyl halides is 6. The van der Waals surface area contributed by atoms with Crippen molar-refractivity contribution < 1.29 is 26.3 Å². The number of nitrogens with one attached hydrogen (secondary N) is 1. The molecule has 0 atom stereocenters. The van der Waals surface area contributed by atoms with Crippen LogP contribution in [0.5, 0.6) is 0 Å². The fraction of sp³-hybridized carbons (Fsp3) is 0.250. The van der Waals surface area contributed by atoms with Crippen molar-refractivity contribution in [1.82, 2.24) is 4.98 Å². The van der Waals surface area contributed by atoms with E-state index < -0.39 is 23.5 Å². The van der Waals surface area contributed by atoms with Gasteiger partial charge in [0, 0.05) is 23.8 Å². The third kappa shape index (κ3) is 5.70. The molecule has 0 aliphatic carbocycles. The van der Waals surface area contributed by atoms with Crippen molar-refractivity contribution in [2.75, 3.05) is 11.9 Å². The lowest BCUT2D eigenvalue weighted by atomic mass is 10.0. The van der Waals surface area contributed by atoms with Crippen molar-refractivity contribution >= 4 is 40.6 Å². The molecule has 0 saturated heterocycles. The van der Waals surface area contributed by atoms with Crippen LogP contribution in [0.25, 0.3) is 10.9 Å². The third-order valence-electron chi connectivity index (χ3n) is 4.39. The van der Waals surface area contributed by atoms with Gasteiger partial charge in [0.25, 0.3) is 0 Å². The molecule has 0 amide bonds. The molecule has 1 aliphatic heterocycles. The molecule has 0 radical (unpaired) electrons. The van der Waals surface area contributed by atoms with Crippen LogP contribution in [0.2, 0.25) is 5.02 Å². The number of rotatable bonds is 0. The molecule has 0 spiro atoms. The van der Waals surface area contributed by atoms with Gasteiger partial charge in [-0.1, -0.05) is 23.7 Å². The Morgan fingerprint density at radius 1 is 0.867 bits per heavy atom. The van der Waals surface area contributed by atoms with Crippen LogP contribution in [0, 0.1) is 0 Å². The second-order valence-corrected chi connectivity index (χ2v) is 6.83. The van der Waals surface area contributed by atoms with Gasteiger partial charge in [-0.15, -0.1) is 12.4 Å². The first kappa shape index (κ1) is 24.1. The van der Waals surface area contributed by atoms with E-state index in [-0.39, 0.29) is 17.9 Å². The fourth-order valence-electron chi connectivity index (χ4n) is 2.93. The Kier molecular flexibility index (Phi) is 7.47. The van der Waals surface area contributed by atoms with Crippen LogP contribution in [-0.4, -0.2) is 11.5 Å². The molecule has 0 bridgehead atoms. The molecule has 2 nitrogen and oxygen atoms in total. The highest BCUT2D eigenvalue weighted by Crippen LogP contribution is 2.34. The molecule has 1 aromatic heterocycles. The first-order valence-corrected chi connectivity index (χ1v) is 8.99. The van der Waals surface area contributed by atoms with Crippen LogP contribution < -0.4 is 5.32 Å². The second kappa shape index (κ2) is 9.31. The Hall–Kier alpha value is -2.19. The summed E-state index contributed by atoms with van der Waals surface area (Å²) in [7, 11) is 0. The minimum Gasteiger partial charge on any atom is -0.385 e. The summed E-state index contributed by atoms with van der Waals surface area (Å²) in [6, 6.07) is 8.74. The topological polar surface area (TPSA) is 24.9 Å². The smallest absolute Gasteiger partial charge is 0.385 e. The van der Waals surface area contributed by atoms with Crippen molar-refractivity contribution in [2.45, 2.75) is 25.2 Å². The number of anilines is 1. The van der Waals surface area contributed by atoms with Gasteiger partial charge < -0.3 is 5.32 Å². The number of pyridine rings is 1. The average Bonchev–Trinajstić information content (AvgIpc) is 2.67. The van der Waals surface area contributed by atoms with E-state index in [4.69, 9.17) is 11.6 Å². The number of fused-ring (bicyclic) bond motifs is 2. The van der Waals surface area contributed by atoms with E-state index in [1.54, 1.807) is 6.07 Å². The lowest BCUT2D eigenvalue weighted by Crippen LogP contribution is -2.13. The van der Waals surface area contributed by atoms with Crippen LogP contribution in [0.15, 0.2) is 48.7 Å². The molecule has 1 N–H and O–H groups in total. The zero-order valence-electron chi connectivity index (χ0n) is 15.2. The minimum absolute atomic E-state index is 0. The van der Waals surface area contributed by atoms with Crippen LogP contribution in [0.3, 0.4) is 0 Å². The standard InChI is InChI=1S/C10H5ClF3N.C10H10F3N.ClH/c11-8-3-4-15-9-5-6(10(12,13)14)1-2-7(8)9;11-10(12,13)8-4-3-7-2-1-5-14-9(7)6-8;/h1-5H;3-4,6,14H,1-2,5H2;1H. The number of nitrogens with zero attached hydrogens (tertiary/aromatic N) is 1. The molecule has 10 heteroatoms. The Morgan fingerprint density at radius 2 is 1.50 bits per heavy atom. The number of hydrogen-bond acceptors (Lipinski definition) is 2. The predicted octanol–water partition coefficient (Wildman–Crippen LogP) is 7.39. The fourth-order valence-corrected chi connectivity index (χ4v) is 3.14. The van der Waals surface area contributed by atoms with Crippen LogP contribution >= 0.6 is 24.0 Å². The summed E-state index contributed by atoms with van der Waals surface area (Å²) in [4.78, 5) is 3.83. The predicted molar refractivity (Wildman–Crippen MR) is 107 cm³/mol. The molecule has 0 saturated carbocycles. The Labute approximate surface area is 179 Å². The molecule has 4 rings (SSSR count). The molecule has 30 heavy (non-hydrogen) atoms. The zero-order chi connectivity index (χ0) is 21.2. The van der Waals surface area contributed by atoms with Crippen molar-refractivity contribution in [3.05, 3.63) is 70.4 Å². The van der Waals surface area contributed by atoms with Gasteiger partial charge in [-0.2, -0.15) is 26.3 Å². The first-order chi connectivity index (χ1) is 13.6. The van der Waals surface area contributed by atoms with Gasteiger partial charge in [-0.3, -0.25) is 4.98 Å². The Balaban J connectivity index is 0.000000207. The summed E-state index contributed by atoms with van der Waals surface area (Å²) in [6.07, 6.45) is -5.37. The number of benzene rings is 2. The van der Waals surface area contributed by atoms with E-state index in [9.17, 15) is 26.3 Å². The maximum absolute atomic E-state index is 12.4. The molecule has 2 heterocycles. The average molecular weight is 469 g/mol. The van der Waals surface area contributed by atoms with E-state index in [2.05, 4.69) is 10.3 Å². The molecule has 2 aromatic carbocycles. The normalized spacial score (nSPS) is 13.4. The molecule has 0 unspecified atom stereocenters. The van der Waals surface area contributed by atoms with E-state index >= 15 is 0 Å². The summed E-state index contributed by atoms with van der Waals surface area (Å²) in [5, 5.41) is 3.89. The molecular weight excluding hydrogens is 453 g/mol. The van der Waals surface area contributed by atoms with Crippen LogP contribution in [0.4, 0.5) is 32.0 Å². The number of hydrogen-bond donors (Lipinski definition) is 1. The second-order valence-electron chi connectivity index (χ2n) is 6.42. The Bertz CT molecular complexity index is 1020. The summed E-state index contributed by atoms with van der Waals surface area (Å²) in [5.41, 5.74) is 0.558. The largest absolute Gasteiger partial charge is 0.416 e. The van der Waals surface area contributed by atoms with Crippen molar-refractivity contribution in [3.63, 3.8) is 0 Å². The summed E-state index contributed by atoms with van der Waals surface area (Å²) < 4.78 is 74.1. The monoisotopic (exact) mass is 468 g/mol. The van der Waals surface area contributed by atoms with Crippen LogP contribution in [0.1, 0.15) is 23.1 Å². The summed E-state index contributed by atoms with van der Waals surface area (Å²) in [6.45, 7) is 0.758. The van der Waals surface area contributed by atoms with Gasteiger partial charge in [0.2, 0.25) is 0 Å². The maximum Gasteiger partial charge on any atom is 0.416 e. The lowest BCUT2D eigenvalue weighted by molar-refractivity contribution is -0.138. The van der Waals surface area contributed by atoms with Gasteiger partial charge in [-0.05, 0) is 48.7 Å². The SMILES string of the molecule is Cl.FC(F)(F)c1ccc2c(Cl)ccnc2c1.FC(F)(F)c1ccc2c(c1)NCCC2. The quantitative estimate of drug-likeness (QED) is 0.347. The Morgan fingerprint density at radius 3 is 2.17 bits per heavy atom. The molecule has 1 aliphatic rings.